The van der Waals surface area contributed by atoms with Crippen molar-refractivity contribution < 1.29 is 14.4 Å². The van der Waals surface area contributed by atoms with Gasteiger partial charge in [0.05, 0.1) is 22.3 Å². The molecule has 31 heavy (non-hydrogen) atoms. The highest BCUT2D eigenvalue weighted by Crippen LogP contribution is 2.35. The van der Waals surface area contributed by atoms with Crippen molar-refractivity contribution in [1.82, 2.24) is 19.7 Å². The minimum atomic E-state index is -0.979. The SMILES string of the molecule is Cc1cc(C(=O)O)cnc1-n1cc(CC2CCC2)c2ncc(-c3c(C)noc3C)cc21. The number of carboxylic acids is 1. The summed E-state index contributed by atoms with van der Waals surface area (Å²) in [4.78, 5) is 20.7. The van der Waals surface area contributed by atoms with Gasteiger partial charge in [-0.1, -0.05) is 24.4 Å². The summed E-state index contributed by atoms with van der Waals surface area (Å²) in [6.07, 6.45) is 10.2. The number of rotatable bonds is 5. The highest BCUT2D eigenvalue weighted by Gasteiger charge is 2.23. The van der Waals surface area contributed by atoms with Crippen LogP contribution < -0.4 is 0 Å². The average molecular weight is 416 g/mol. The standard InChI is InChI=1S/C24H24N4O3/c1-13-7-18(24(29)30)11-26-23(13)28-12-19(8-16-5-4-6-16)22-20(28)9-17(10-25-22)21-14(2)27-31-15(21)3/h7,9-12,16H,4-6,8H2,1-3H3,(H,29,30). The third-order valence-corrected chi connectivity index (χ3v) is 6.30. The Hall–Kier alpha value is -3.48. The van der Waals surface area contributed by atoms with Crippen LogP contribution in [0, 0.1) is 26.7 Å². The molecule has 0 aliphatic heterocycles. The molecular formula is C24H24N4O3. The van der Waals surface area contributed by atoms with E-state index in [1.165, 1.54) is 31.0 Å². The van der Waals surface area contributed by atoms with E-state index in [1.807, 2.05) is 31.5 Å². The number of pyridine rings is 2. The number of hydrogen-bond donors (Lipinski definition) is 1. The molecule has 0 aromatic carbocycles. The predicted octanol–water partition coefficient (Wildman–Crippen LogP) is 5.04. The quantitative estimate of drug-likeness (QED) is 0.490. The zero-order valence-electron chi connectivity index (χ0n) is 17.8. The molecule has 7 heteroatoms. The second kappa shape index (κ2) is 7.34. The number of carbonyl (C=O) groups is 1. The first-order valence-corrected chi connectivity index (χ1v) is 10.6. The fourth-order valence-corrected chi connectivity index (χ4v) is 4.47. The minimum absolute atomic E-state index is 0.182. The third kappa shape index (κ3) is 3.30. The van der Waals surface area contributed by atoms with Crippen LogP contribution in [0.25, 0.3) is 28.0 Å². The van der Waals surface area contributed by atoms with Gasteiger partial charge in [0.2, 0.25) is 0 Å². The summed E-state index contributed by atoms with van der Waals surface area (Å²) in [5, 5.41) is 13.4. The largest absolute Gasteiger partial charge is 0.478 e. The molecule has 4 heterocycles. The first kappa shape index (κ1) is 19.5. The zero-order valence-corrected chi connectivity index (χ0v) is 17.8. The van der Waals surface area contributed by atoms with Crippen LogP contribution in [-0.2, 0) is 6.42 Å². The van der Waals surface area contributed by atoms with Gasteiger partial charge in [-0.25, -0.2) is 9.78 Å². The van der Waals surface area contributed by atoms with Crippen molar-refractivity contribution in [3.63, 3.8) is 0 Å². The predicted molar refractivity (Wildman–Crippen MR) is 117 cm³/mol. The molecule has 7 nitrogen and oxygen atoms in total. The molecule has 0 unspecified atom stereocenters. The highest BCUT2D eigenvalue weighted by molar-refractivity contribution is 5.88. The molecule has 158 valence electrons. The Morgan fingerprint density at radius 1 is 1.19 bits per heavy atom. The molecule has 0 radical (unpaired) electrons. The Morgan fingerprint density at radius 3 is 2.61 bits per heavy atom. The van der Waals surface area contributed by atoms with Gasteiger partial charge in [0.1, 0.15) is 11.6 Å². The van der Waals surface area contributed by atoms with Crippen LogP contribution in [0.3, 0.4) is 0 Å². The zero-order chi connectivity index (χ0) is 21.7. The van der Waals surface area contributed by atoms with Crippen LogP contribution in [0.2, 0.25) is 0 Å². The van der Waals surface area contributed by atoms with Gasteiger partial charge in [0, 0.05) is 29.7 Å². The van der Waals surface area contributed by atoms with E-state index in [0.717, 1.165) is 45.6 Å². The molecule has 0 bridgehead atoms. The lowest BCUT2D eigenvalue weighted by atomic mass is 9.81. The smallest absolute Gasteiger partial charge is 0.337 e. The number of nitrogens with zero attached hydrogens (tertiary/aromatic N) is 4. The van der Waals surface area contributed by atoms with Crippen molar-refractivity contribution in [2.24, 2.45) is 5.92 Å². The van der Waals surface area contributed by atoms with Gasteiger partial charge < -0.3 is 9.63 Å². The topological polar surface area (TPSA) is 94.0 Å². The lowest BCUT2D eigenvalue weighted by Crippen LogP contribution is -2.13. The van der Waals surface area contributed by atoms with E-state index in [0.29, 0.717) is 11.7 Å². The average Bonchev–Trinajstić information content (AvgIpc) is 3.23. The maximum atomic E-state index is 11.3. The van der Waals surface area contributed by atoms with E-state index in [1.54, 1.807) is 6.07 Å². The van der Waals surface area contributed by atoms with Crippen molar-refractivity contribution in [1.29, 1.82) is 0 Å². The second-order valence-electron chi connectivity index (χ2n) is 8.49. The molecule has 4 aromatic rings. The monoisotopic (exact) mass is 416 g/mol. The van der Waals surface area contributed by atoms with E-state index >= 15 is 0 Å². The summed E-state index contributed by atoms with van der Waals surface area (Å²) in [7, 11) is 0. The molecule has 1 saturated carbocycles. The van der Waals surface area contributed by atoms with Crippen LogP contribution in [0.5, 0.6) is 0 Å². The summed E-state index contributed by atoms with van der Waals surface area (Å²) in [6, 6.07) is 3.76. The Balaban J connectivity index is 1.70. The van der Waals surface area contributed by atoms with Crippen molar-refractivity contribution in [3.8, 4) is 16.9 Å². The molecule has 1 aliphatic rings. The first-order chi connectivity index (χ1) is 14.9. The molecule has 4 aromatic heterocycles. The van der Waals surface area contributed by atoms with Crippen molar-refractivity contribution in [2.45, 2.75) is 46.5 Å². The van der Waals surface area contributed by atoms with Crippen LogP contribution in [0.1, 0.15) is 52.2 Å². The van der Waals surface area contributed by atoms with E-state index in [9.17, 15) is 9.90 Å². The Morgan fingerprint density at radius 2 is 2.00 bits per heavy atom. The fourth-order valence-electron chi connectivity index (χ4n) is 4.47. The molecule has 0 saturated heterocycles. The molecule has 0 amide bonds. The number of aromatic nitrogens is 4. The van der Waals surface area contributed by atoms with Gasteiger partial charge in [-0.2, -0.15) is 0 Å². The third-order valence-electron chi connectivity index (χ3n) is 6.30. The summed E-state index contributed by atoms with van der Waals surface area (Å²) >= 11 is 0. The van der Waals surface area contributed by atoms with Crippen LogP contribution in [-0.4, -0.2) is 30.8 Å². The minimum Gasteiger partial charge on any atom is -0.478 e. The van der Waals surface area contributed by atoms with Gasteiger partial charge in [0.25, 0.3) is 0 Å². The maximum Gasteiger partial charge on any atom is 0.337 e. The van der Waals surface area contributed by atoms with Gasteiger partial charge in [0.15, 0.2) is 0 Å². The molecule has 5 rings (SSSR count). The highest BCUT2D eigenvalue weighted by atomic mass is 16.5. The number of aryl methyl sites for hydroxylation is 3. The molecular weight excluding hydrogens is 392 g/mol. The molecule has 1 fully saturated rings. The molecule has 1 N–H and O–H groups in total. The van der Waals surface area contributed by atoms with Crippen LogP contribution in [0.4, 0.5) is 0 Å². The van der Waals surface area contributed by atoms with E-state index < -0.39 is 5.97 Å². The van der Waals surface area contributed by atoms with Crippen LogP contribution in [0.15, 0.2) is 35.2 Å². The summed E-state index contributed by atoms with van der Waals surface area (Å²) < 4.78 is 7.40. The second-order valence-corrected chi connectivity index (χ2v) is 8.49. The lowest BCUT2D eigenvalue weighted by Gasteiger charge is -2.24. The number of aromatic carboxylic acids is 1. The van der Waals surface area contributed by atoms with Crippen molar-refractivity contribution in [3.05, 3.63) is 58.9 Å². The van der Waals surface area contributed by atoms with Gasteiger partial charge in [-0.15, -0.1) is 0 Å². The van der Waals surface area contributed by atoms with Crippen LogP contribution >= 0.6 is 0 Å². The summed E-state index contributed by atoms with van der Waals surface area (Å²) in [6.45, 7) is 5.71. The lowest BCUT2D eigenvalue weighted by molar-refractivity contribution is 0.0696. The first-order valence-electron chi connectivity index (χ1n) is 10.6. The van der Waals surface area contributed by atoms with Crippen molar-refractivity contribution in [2.75, 3.05) is 0 Å². The molecule has 0 spiro atoms. The van der Waals surface area contributed by atoms with E-state index in [2.05, 4.69) is 22.4 Å². The van der Waals surface area contributed by atoms with E-state index in [-0.39, 0.29) is 5.56 Å². The number of fused-ring (bicyclic) bond motifs is 1. The molecule has 0 atom stereocenters. The van der Waals surface area contributed by atoms with E-state index in [4.69, 9.17) is 9.51 Å². The maximum absolute atomic E-state index is 11.3. The normalized spacial score (nSPS) is 14.2. The molecule has 1 aliphatic carbocycles. The van der Waals surface area contributed by atoms with Crippen molar-refractivity contribution >= 4 is 17.0 Å². The van der Waals surface area contributed by atoms with Gasteiger partial charge in [-0.05, 0) is 56.4 Å². The Kier molecular flexibility index (Phi) is 4.61. The Labute approximate surface area is 179 Å². The summed E-state index contributed by atoms with van der Waals surface area (Å²) in [5.74, 6) is 1.19. The summed E-state index contributed by atoms with van der Waals surface area (Å²) in [5.41, 5.74) is 6.82. The Bertz CT molecular complexity index is 1290. The van der Waals surface area contributed by atoms with Gasteiger partial charge in [-0.3, -0.25) is 9.55 Å². The number of hydrogen-bond acceptors (Lipinski definition) is 5. The number of carboxylic acid groups (broad SMARTS) is 1. The van der Waals surface area contributed by atoms with Gasteiger partial charge >= 0.3 is 5.97 Å². The fraction of sp³-hybridized carbons (Fsp3) is 0.333.